The van der Waals surface area contributed by atoms with Crippen molar-refractivity contribution in [1.29, 1.82) is 5.41 Å². The highest BCUT2D eigenvalue weighted by Gasteiger charge is 2.32. The van der Waals surface area contributed by atoms with Crippen molar-refractivity contribution in [1.82, 2.24) is 9.96 Å². The molecule has 0 saturated carbocycles. The molecule has 0 spiro atoms. The van der Waals surface area contributed by atoms with Gasteiger partial charge in [0, 0.05) is 7.05 Å². The first-order valence-electron chi connectivity index (χ1n) is 8.57. The molecule has 1 amide bonds. The molecule has 0 heterocycles. The largest absolute Gasteiger partial charge is 0.480 e. The summed E-state index contributed by atoms with van der Waals surface area (Å²) >= 11 is 0. The Labute approximate surface area is 157 Å². The van der Waals surface area contributed by atoms with Crippen molar-refractivity contribution in [3.8, 4) is 0 Å². The van der Waals surface area contributed by atoms with Gasteiger partial charge in [-0.25, -0.2) is 14.4 Å². The predicted octanol–water partition coefficient (Wildman–Crippen LogP) is 2.27. The smallest absolute Gasteiger partial charge is 0.451 e. The van der Waals surface area contributed by atoms with Crippen LogP contribution in [-0.2, 0) is 25.6 Å². The molecular weight excluding hydrogens is 354 g/mol. The summed E-state index contributed by atoms with van der Waals surface area (Å²) in [6, 6.07) is 7.68. The van der Waals surface area contributed by atoms with Crippen LogP contribution in [0.4, 0.5) is 4.79 Å². The number of amides is 1. The fraction of sp³-hybridized carbons (Fsp3) is 0.444. The lowest BCUT2D eigenvalue weighted by Crippen LogP contribution is -2.52. The third kappa shape index (κ3) is 6.61. The number of benzene rings is 1. The molecule has 0 aliphatic rings. The summed E-state index contributed by atoms with van der Waals surface area (Å²) in [7, 11) is 1.33. The minimum absolute atomic E-state index is 0.0682. The van der Waals surface area contributed by atoms with Crippen molar-refractivity contribution < 1.29 is 29.1 Å². The first-order valence-corrected chi connectivity index (χ1v) is 8.57. The van der Waals surface area contributed by atoms with Gasteiger partial charge in [0.05, 0.1) is 13.0 Å². The lowest BCUT2D eigenvalue weighted by atomic mass is 10.2. The van der Waals surface area contributed by atoms with Gasteiger partial charge < -0.3 is 19.6 Å². The second-order valence-electron chi connectivity index (χ2n) is 5.73. The highest BCUT2D eigenvalue weighted by atomic mass is 16.8. The number of carboxylic acid groups (broad SMARTS) is 1. The molecule has 9 heteroatoms. The Morgan fingerprint density at radius 2 is 1.81 bits per heavy atom. The van der Waals surface area contributed by atoms with Crippen LogP contribution in [0.3, 0.4) is 0 Å². The average molecular weight is 379 g/mol. The van der Waals surface area contributed by atoms with Crippen LogP contribution in [0.2, 0.25) is 0 Å². The van der Waals surface area contributed by atoms with E-state index in [0.29, 0.717) is 17.0 Å². The summed E-state index contributed by atoms with van der Waals surface area (Å²) in [5.74, 6) is -2.55. The molecule has 1 aromatic rings. The zero-order chi connectivity index (χ0) is 20.4. The van der Waals surface area contributed by atoms with Crippen molar-refractivity contribution in [3.05, 3.63) is 35.9 Å². The van der Waals surface area contributed by atoms with Gasteiger partial charge in [-0.1, -0.05) is 49.2 Å². The van der Waals surface area contributed by atoms with E-state index in [1.54, 1.807) is 44.2 Å². The maximum Gasteiger partial charge on any atom is 0.451 e. The highest BCUT2D eigenvalue weighted by molar-refractivity contribution is 5.94. The lowest BCUT2D eigenvalue weighted by Gasteiger charge is -2.30. The van der Waals surface area contributed by atoms with Gasteiger partial charge in [0.2, 0.25) is 5.96 Å². The van der Waals surface area contributed by atoms with E-state index in [4.69, 9.17) is 15.0 Å². The molecule has 27 heavy (non-hydrogen) atoms. The summed E-state index contributed by atoms with van der Waals surface area (Å²) in [5, 5.41) is 17.8. The predicted molar refractivity (Wildman–Crippen MR) is 96.9 cm³/mol. The number of carbonyl (C=O) groups is 3. The van der Waals surface area contributed by atoms with E-state index in [-0.39, 0.29) is 19.4 Å². The topological polar surface area (TPSA) is 120 Å². The van der Waals surface area contributed by atoms with Crippen LogP contribution in [0, 0.1) is 5.41 Å². The summed E-state index contributed by atoms with van der Waals surface area (Å²) in [4.78, 5) is 41.8. The zero-order valence-corrected chi connectivity index (χ0v) is 15.7. The van der Waals surface area contributed by atoms with Crippen molar-refractivity contribution in [2.75, 3.05) is 13.7 Å². The number of carbonyl (C=O) groups excluding carboxylic acids is 2. The normalized spacial score (nSPS) is 11.2. The third-order valence-corrected chi connectivity index (χ3v) is 3.65. The average Bonchev–Trinajstić information content (AvgIpc) is 2.64. The summed E-state index contributed by atoms with van der Waals surface area (Å²) in [5.41, 5.74) is 0.668. The summed E-state index contributed by atoms with van der Waals surface area (Å²) in [6.45, 7) is 3.48. The SMILES string of the molecule is CCCOC(=O)N(OC(=O)Cc1ccccc1)C(=N)N(C)C(CC)C(=O)O. The number of ether oxygens (including phenoxy) is 1. The van der Waals surface area contributed by atoms with Crippen molar-refractivity contribution in [3.63, 3.8) is 0 Å². The molecule has 148 valence electrons. The van der Waals surface area contributed by atoms with Crippen LogP contribution in [-0.4, -0.2) is 58.8 Å². The van der Waals surface area contributed by atoms with E-state index in [2.05, 4.69) is 0 Å². The van der Waals surface area contributed by atoms with E-state index >= 15 is 0 Å². The molecule has 0 bridgehead atoms. The van der Waals surface area contributed by atoms with Crippen molar-refractivity contribution in [2.45, 2.75) is 39.2 Å². The van der Waals surface area contributed by atoms with Gasteiger partial charge in [-0.2, -0.15) is 0 Å². The van der Waals surface area contributed by atoms with E-state index in [1.165, 1.54) is 7.05 Å². The number of rotatable bonds is 7. The third-order valence-electron chi connectivity index (χ3n) is 3.65. The van der Waals surface area contributed by atoms with E-state index in [1.807, 2.05) is 0 Å². The minimum Gasteiger partial charge on any atom is -0.480 e. The van der Waals surface area contributed by atoms with Crippen LogP contribution in [0.15, 0.2) is 30.3 Å². The Bertz CT molecular complexity index is 664. The van der Waals surface area contributed by atoms with Gasteiger partial charge in [0.1, 0.15) is 6.04 Å². The highest BCUT2D eigenvalue weighted by Crippen LogP contribution is 2.10. The van der Waals surface area contributed by atoms with E-state index in [9.17, 15) is 19.5 Å². The van der Waals surface area contributed by atoms with Crippen molar-refractivity contribution >= 4 is 24.0 Å². The fourth-order valence-electron chi connectivity index (χ4n) is 2.22. The van der Waals surface area contributed by atoms with Crippen LogP contribution < -0.4 is 0 Å². The van der Waals surface area contributed by atoms with Gasteiger partial charge in [-0.3, -0.25) is 5.41 Å². The van der Waals surface area contributed by atoms with E-state index < -0.39 is 30.0 Å². The number of hydrogen-bond donors (Lipinski definition) is 2. The number of aliphatic carboxylic acids is 1. The Balaban J connectivity index is 2.94. The van der Waals surface area contributed by atoms with Crippen LogP contribution in [0.5, 0.6) is 0 Å². The second kappa shape index (κ2) is 10.8. The number of nitrogens with zero attached hydrogens (tertiary/aromatic N) is 2. The molecule has 1 atom stereocenters. The molecule has 0 aliphatic heterocycles. The fourth-order valence-corrected chi connectivity index (χ4v) is 2.22. The Morgan fingerprint density at radius 3 is 2.33 bits per heavy atom. The Morgan fingerprint density at radius 1 is 1.19 bits per heavy atom. The minimum atomic E-state index is -1.16. The number of nitrogens with one attached hydrogen (secondary N) is 1. The van der Waals surface area contributed by atoms with Crippen LogP contribution >= 0.6 is 0 Å². The first kappa shape index (κ1) is 21.9. The zero-order valence-electron chi connectivity index (χ0n) is 15.7. The number of hydrogen-bond acceptors (Lipinski definition) is 6. The number of likely N-dealkylation sites (N-methyl/N-ethyl adjacent to an activating group) is 1. The Kier molecular flexibility index (Phi) is 8.77. The maximum absolute atomic E-state index is 12.2. The first-order chi connectivity index (χ1) is 12.8. The summed E-state index contributed by atoms with van der Waals surface area (Å²) < 4.78 is 4.94. The maximum atomic E-state index is 12.2. The summed E-state index contributed by atoms with van der Waals surface area (Å²) in [6.07, 6.45) is -0.460. The van der Waals surface area contributed by atoms with Gasteiger partial charge in [-0.15, -0.1) is 0 Å². The molecule has 0 aliphatic carbocycles. The number of guanidine groups is 1. The van der Waals surface area contributed by atoms with Crippen LogP contribution in [0.1, 0.15) is 32.3 Å². The molecule has 0 saturated heterocycles. The van der Waals surface area contributed by atoms with Crippen molar-refractivity contribution in [2.24, 2.45) is 0 Å². The molecule has 2 N–H and O–H groups in total. The molecular formula is C18H25N3O6. The molecule has 1 aromatic carbocycles. The van der Waals surface area contributed by atoms with Gasteiger partial charge in [0.15, 0.2) is 0 Å². The second-order valence-corrected chi connectivity index (χ2v) is 5.73. The van der Waals surface area contributed by atoms with Gasteiger partial charge >= 0.3 is 18.0 Å². The Hall–Kier alpha value is -3.10. The van der Waals surface area contributed by atoms with Crippen LogP contribution in [0.25, 0.3) is 0 Å². The molecule has 9 nitrogen and oxygen atoms in total. The standard InChI is InChI=1S/C18H25N3O6/c1-4-11-26-18(25)21(17(19)20(3)14(5-2)16(23)24)27-15(22)12-13-9-7-6-8-10-13/h6-10,14,19H,4-5,11-12H2,1-3H3,(H,23,24). The van der Waals surface area contributed by atoms with Gasteiger partial charge in [0.25, 0.3) is 0 Å². The quantitative estimate of drug-likeness (QED) is 0.423. The van der Waals surface area contributed by atoms with Gasteiger partial charge in [-0.05, 0) is 18.4 Å². The van der Waals surface area contributed by atoms with E-state index in [0.717, 1.165) is 4.90 Å². The lowest BCUT2D eigenvalue weighted by molar-refractivity contribution is -0.169. The molecule has 0 aromatic heterocycles. The monoisotopic (exact) mass is 379 g/mol. The molecule has 1 rings (SSSR count). The molecule has 1 unspecified atom stereocenters. The molecule has 0 fully saturated rings. The molecule has 0 radical (unpaired) electrons. The number of carboxylic acids is 1. The number of hydroxylamine groups is 2.